The zero-order valence-corrected chi connectivity index (χ0v) is 14.8. The molecule has 4 aromatic rings. The number of fused-ring (bicyclic) bond motifs is 1. The van der Waals surface area contributed by atoms with Crippen molar-refractivity contribution in [1.82, 2.24) is 14.5 Å². The number of rotatable bonds is 4. The SMILES string of the molecule is COc1ncccc1-c1cccc(-n2cnc3cc(C(C)N)ccc32)c1. The first-order valence-electron chi connectivity index (χ1n) is 8.50. The van der Waals surface area contributed by atoms with Gasteiger partial charge in [0.25, 0.3) is 0 Å². The van der Waals surface area contributed by atoms with Gasteiger partial charge in [-0.25, -0.2) is 9.97 Å². The van der Waals surface area contributed by atoms with E-state index in [1.54, 1.807) is 13.3 Å². The van der Waals surface area contributed by atoms with Crippen molar-refractivity contribution in [3.05, 3.63) is 72.7 Å². The summed E-state index contributed by atoms with van der Waals surface area (Å²) in [6, 6.07) is 18.3. The minimum absolute atomic E-state index is 0.00840. The molecule has 5 heteroatoms. The highest BCUT2D eigenvalue weighted by atomic mass is 16.5. The molecule has 2 heterocycles. The van der Waals surface area contributed by atoms with Crippen LogP contribution in [0, 0.1) is 0 Å². The molecular formula is C21H20N4O. The number of imidazole rings is 1. The second-order valence-electron chi connectivity index (χ2n) is 6.26. The first kappa shape index (κ1) is 16.3. The zero-order chi connectivity index (χ0) is 18.1. The molecule has 0 spiro atoms. The van der Waals surface area contributed by atoms with E-state index >= 15 is 0 Å². The second-order valence-corrected chi connectivity index (χ2v) is 6.26. The number of methoxy groups -OCH3 is 1. The van der Waals surface area contributed by atoms with Crippen molar-refractivity contribution < 1.29 is 4.74 Å². The van der Waals surface area contributed by atoms with E-state index in [1.165, 1.54) is 0 Å². The van der Waals surface area contributed by atoms with Crippen LogP contribution >= 0.6 is 0 Å². The highest BCUT2D eigenvalue weighted by Crippen LogP contribution is 2.30. The van der Waals surface area contributed by atoms with Gasteiger partial charge in [-0.2, -0.15) is 0 Å². The molecular weight excluding hydrogens is 324 g/mol. The fourth-order valence-corrected chi connectivity index (χ4v) is 3.12. The van der Waals surface area contributed by atoms with Crippen LogP contribution in [0.2, 0.25) is 0 Å². The standard InChI is InChI=1S/C21H20N4O/c1-14(22)15-8-9-20-19(12-15)24-13-25(20)17-6-3-5-16(11-17)18-7-4-10-23-21(18)26-2/h3-14H,22H2,1-2H3. The number of hydrogen-bond acceptors (Lipinski definition) is 4. The highest BCUT2D eigenvalue weighted by Gasteiger charge is 2.10. The van der Waals surface area contributed by atoms with Gasteiger partial charge in [-0.05, 0) is 54.4 Å². The normalized spacial score (nSPS) is 12.3. The summed E-state index contributed by atoms with van der Waals surface area (Å²) in [5, 5.41) is 0. The topological polar surface area (TPSA) is 66.0 Å². The molecule has 0 saturated carbocycles. The van der Waals surface area contributed by atoms with E-state index in [9.17, 15) is 0 Å². The lowest BCUT2D eigenvalue weighted by Crippen LogP contribution is -2.04. The highest BCUT2D eigenvalue weighted by molar-refractivity contribution is 5.79. The average molecular weight is 344 g/mol. The lowest BCUT2D eigenvalue weighted by molar-refractivity contribution is 0.399. The third-order valence-corrected chi connectivity index (χ3v) is 4.50. The van der Waals surface area contributed by atoms with Gasteiger partial charge in [0, 0.05) is 23.5 Å². The van der Waals surface area contributed by atoms with Gasteiger partial charge in [0.05, 0.1) is 18.1 Å². The van der Waals surface area contributed by atoms with Crippen molar-refractivity contribution >= 4 is 11.0 Å². The van der Waals surface area contributed by atoms with Crippen molar-refractivity contribution in [2.75, 3.05) is 7.11 Å². The van der Waals surface area contributed by atoms with E-state index in [2.05, 4.69) is 44.9 Å². The molecule has 2 N–H and O–H groups in total. The molecule has 0 saturated heterocycles. The summed E-state index contributed by atoms with van der Waals surface area (Å²) in [6.07, 6.45) is 3.57. The summed E-state index contributed by atoms with van der Waals surface area (Å²) in [5.41, 5.74) is 12.1. The number of aromatic nitrogens is 3. The molecule has 0 fully saturated rings. The molecule has 1 atom stereocenters. The van der Waals surface area contributed by atoms with Crippen LogP contribution in [0.3, 0.4) is 0 Å². The largest absolute Gasteiger partial charge is 0.481 e. The molecule has 1 unspecified atom stereocenters. The Kier molecular flexibility index (Phi) is 4.14. The van der Waals surface area contributed by atoms with Crippen molar-refractivity contribution in [3.8, 4) is 22.7 Å². The summed E-state index contributed by atoms with van der Waals surface area (Å²) in [4.78, 5) is 8.83. The summed E-state index contributed by atoms with van der Waals surface area (Å²) in [6.45, 7) is 1.98. The third kappa shape index (κ3) is 2.82. The van der Waals surface area contributed by atoms with Crippen LogP contribution in [0.5, 0.6) is 5.88 Å². The van der Waals surface area contributed by atoms with Crippen LogP contribution in [0.25, 0.3) is 27.8 Å². The van der Waals surface area contributed by atoms with E-state index < -0.39 is 0 Å². The van der Waals surface area contributed by atoms with Gasteiger partial charge in [0.1, 0.15) is 6.33 Å². The smallest absolute Gasteiger partial charge is 0.221 e. The Morgan fingerprint density at radius 1 is 1.04 bits per heavy atom. The Bertz CT molecular complexity index is 1070. The third-order valence-electron chi connectivity index (χ3n) is 4.50. The van der Waals surface area contributed by atoms with Gasteiger partial charge in [0.15, 0.2) is 0 Å². The molecule has 4 rings (SSSR count). The Hall–Kier alpha value is -3.18. The van der Waals surface area contributed by atoms with Gasteiger partial charge in [-0.3, -0.25) is 4.57 Å². The van der Waals surface area contributed by atoms with Crippen LogP contribution in [0.15, 0.2) is 67.1 Å². The molecule has 2 aromatic carbocycles. The van der Waals surface area contributed by atoms with E-state index in [0.717, 1.165) is 33.4 Å². The number of ether oxygens (including phenoxy) is 1. The quantitative estimate of drug-likeness (QED) is 0.605. The zero-order valence-electron chi connectivity index (χ0n) is 14.8. The van der Waals surface area contributed by atoms with Crippen molar-refractivity contribution in [3.63, 3.8) is 0 Å². The second kappa shape index (κ2) is 6.61. The van der Waals surface area contributed by atoms with E-state index in [1.807, 2.05) is 37.5 Å². The number of benzene rings is 2. The lowest BCUT2D eigenvalue weighted by Gasteiger charge is -2.10. The lowest BCUT2D eigenvalue weighted by atomic mass is 10.1. The maximum atomic E-state index is 5.98. The van der Waals surface area contributed by atoms with E-state index in [4.69, 9.17) is 10.5 Å². The van der Waals surface area contributed by atoms with Crippen LogP contribution < -0.4 is 10.5 Å². The Labute approximate surface area is 152 Å². The van der Waals surface area contributed by atoms with Gasteiger partial charge in [-0.15, -0.1) is 0 Å². The Balaban J connectivity index is 1.81. The molecule has 26 heavy (non-hydrogen) atoms. The van der Waals surface area contributed by atoms with Crippen molar-refractivity contribution in [2.45, 2.75) is 13.0 Å². The molecule has 0 aliphatic carbocycles. The Morgan fingerprint density at radius 2 is 1.92 bits per heavy atom. The molecule has 0 aliphatic rings. The van der Waals surface area contributed by atoms with Gasteiger partial charge >= 0.3 is 0 Å². The number of pyridine rings is 1. The summed E-state index contributed by atoms with van der Waals surface area (Å²) in [7, 11) is 1.63. The van der Waals surface area contributed by atoms with Crippen molar-refractivity contribution in [1.29, 1.82) is 0 Å². The number of nitrogens with two attached hydrogens (primary N) is 1. The number of nitrogens with zero attached hydrogens (tertiary/aromatic N) is 3. The summed E-state index contributed by atoms with van der Waals surface area (Å²) < 4.78 is 7.47. The first-order chi connectivity index (χ1) is 12.7. The maximum absolute atomic E-state index is 5.98. The Morgan fingerprint density at radius 3 is 2.73 bits per heavy atom. The molecule has 0 radical (unpaired) electrons. The van der Waals surface area contributed by atoms with Crippen LogP contribution in [0.4, 0.5) is 0 Å². The first-order valence-corrected chi connectivity index (χ1v) is 8.50. The molecule has 0 bridgehead atoms. The average Bonchev–Trinajstić information content (AvgIpc) is 3.11. The maximum Gasteiger partial charge on any atom is 0.221 e. The van der Waals surface area contributed by atoms with Gasteiger partial charge < -0.3 is 10.5 Å². The summed E-state index contributed by atoms with van der Waals surface area (Å²) in [5.74, 6) is 0.613. The fourth-order valence-electron chi connectivity index (χ4n) is 3.12. The predicted octanol–water partition coefficient (Wildman–Crippen LogP) is 4.12. The van der Waals surface area contributed by atoms with Crippen molar-refractivity contribution in [2.24, 2.45) is 5.73 Å². The molecule has 2 aromatic heterocycles. The molecule has 130 valence electrons. The number of hydrogen-bond donors (Lipinski definition) is 1. The van der Waals surface area contributed by atoms with E-state index in [0.29, 0.717) is 5.88 Å². The predicted molar refractivity (Wildman–Crippen MR) is 103 cm³/mol. The van der Waals surface area contributed by atoms with Crippen LogP contribution in [-0.4, -0.2) is 21.6 Å². The fraction of sp³-hybridized carbons (Fsp3) is 0.143. The van der Waals surface area contributed by atoms with Crippen LogP contribution in [0.1, 0.15) is 18.5 Å². The van der Waals surface area contributed by atoms with E-state index in [-0.39, 0.29) is 6.04 Å². The summed E-state index contributed by atoms with van der Waals surface area (Å²) >= 11 is 0. The monoisotopic (exact) mass is 344 g/mol. The van der Waals surface area contributed by atoms with Crippen LogP contribution in [-0.2, 0) is 0 Å². The van der Waals surface area contributed by atoms with Gasteiger partial charge in [-0.1, -0.05) is 18.2 Å². The molecule has 0 amide bonds. The molecule has 5 nitrogen and oxygen atoms in total. The molecule has 0 aliphatic heterocycles. The van der Waals surface area contributed by atoms with Gasteiger partial charge in [0.2, 0.25) is 5.88 Å². The minimum Gasteiger partial charge on any atom is -0.481 e. The minimum atomic E-state index is -0.00840.